The predicted octanol–water partition coefficient (Wildman–Crippen LogP) is 2.33. The molecule has 1 aromatic carbocycles. The van der Waals surface area contributed by atoms with Crippen LogP contribution in [0.15, 0.2) is 24.3 Å². The summed E-state index contributed by atoms with van der Waals surface area (Å²) in [5.41, 5.74) is 2.71. The molecule has 2 heterocycles. The first-order valence-electron chi connectivity index (χ1n) is 6.82. The predicted molar refractivity (Wildman–Crippen MR) is 70.3 cm³/mol. The van der Waals surface area contributed by atoms with E-state index < -0.39 is 0 Å². The van der Waals surface area contributed by atoms with Crippen molar-refractivity contribution in [3.8, 4) is 0 Å². The zero-order valence-electron chi connectivity index (χ0n) is 11.0. The van der Waals surface area contributed by atoms with Crippen LogP contribution >= 0.6 is 0 Å². The maximum absolute atomic E-state index is 5.81. The summed E-state index contributed by atoms with van der Waals surface area (Å²) in [5.74, 6) is -0.303. The first kappa shape index (κ1) is 12.2. The van der Waals surface area contributed by atoms with Crippen molar-refractivity contribution in [2.24, 2.45) is 0 Å². The van der Waals surface area contributed by atoms with Gasteiger partial charge in [-0.2, -0.15) is 0 Å². The van der Waals surface area contributed by atoms with Crippen LogP contribution in [0.2, 0.25) is 0 Å². The molecule has 98 valence electrons. The molecule has 2 aliphatic heterocycles. The smallest absolute Gasteiger partial charge is 0.181 e. The van der Waals surface area contributed by atoms with Gasteiger partial charge in [0.15, 0.2) is 5.79 Å². The van der Waals surface area contributed by atoms with E-state index in [-0.39, 0.29) is 5.79 Å². The minimum atomic E-state index is -0.303. The highest BCUT2D eigenvalue weighted by atomic mass is 16.7. The molecular formula is C15H21NO2. The highest BCUT2D eigenvalue weighted by molar-refractivity contribution is 5.22. The fourth-order valence-electron chi connectivity index (χ4n) is 3.01. The first-order chi connectivity index (χ1) is 8.76. The van der Waals surface area contributed by atoms with Crippen molar-refractivity contribution in [2.75, 3.05) is 26.3 Å². The SMILES string of the molecule is Cc1cccc(CN2CCCC3(C2)OCCO3)c1. The number of nitrogens with zero attached hydrogens (tertiary/aromatic N) is 1. The Hall–Kier alpha value is -0.900. The van der Waals surface area contributed by atoms with Crippen molar-refractivity contribution in [2.45, 2.75) is 32.1 Å². The lowest BCUT2D eigenvalue weighted by Crippen LogP contribution is -2.48. The molecule has 2 aliphatic rings. The van der Waals surface area contributed by atoms with Crippen LogP contribution in [0.25, 0.3) is 0 Å². The maximum Gasteiger partial charge on any atom is 0.181 e. The van der Waals surface area contributed by atoms with Crippen LogP contribution < -0.4 is 0 Å². The van der Waals surface area contributed by atoms with E-state index in [2.05, 4.69) is 36.1 Å². The summed E-state index contributed by atoms with van der Waals surface area (Å²) in [4.78, 5) is 2.45. The number of likely N-dealkylation sites (tertiary alicyclic amines) is 1. The number of aryl methyl sites for hydroxylation is 1. The summed E-state index contributed by atoms with van der Waals surface area (Å²) in [7, 11) is 0. The van der Waals surface area contributed by atoms with Gasteiger partial charge in [0.25, 0.3) is 0 Å². The summed E-state index contributed by atoms with van der Waals surface area (Å²) in [6, 6.07) is 8.74. The van der Waals surface area contributed by atoms with Crippen LogP contribution in [-0.4, -0.2) is 37.0 Å². The third-order valence-corrected chi connectivity index (χ3v) is 3.80. The number of benzene rings is 1. The second-order valence-corrected chi connectivity index (χ2v) is 5.41. The van der Waals surface area contributed by atoms with E-state index in [0.717, 1.165) is 45.7 Å². The molecule has 1 spiro atoms. The lowest BCUT2D eigenvalue weighted by atomic mass is 10.0. The van der Waals surface area contributed by atoms with Gasteiger partial charge in [-0.25, -0.2) is 0 Å². The van der Waals surface area contributed by atoms with Gasteiger partial charge in [0.2, 0.25) is 0 Å². The van der Waals surface area contributed by atoms with Crippen molar-refractivity contribution in [3.63, 3.8) is 0 Å². The van der Waals surface area contributed by atoms with Crippen LogP contribution in [-0.2, 0) is 16.0 Å². The fourth-order valence-corrected chi connectivity index (χ4v) is 3.01. The third-order valence-electron chi connectivity index (χ3n) is 3.80. The van der Waals surface area contributed by atoms with Crippen molar-refractivity contribution >= 4 is 0 Å². The monoisotopic (exact) mass is 247 g/mol. The highest BCUT2D eigenvalue weighted by Crippen LogP contribution is 2.30. The maximum atomic E-state index is 5.81. The van der Waals surface area contributed by atoms with Crippen molar-refractivity contribution in [3.05, 3.63) is 35.4 Å². The Balaban J connectivity index is 1.66. The Labute approximate surface area is 109 Å². The molecule has 0 bridgehead atoms. The lowest BCUT2D eigenvalue weighted by molar-refractivity contribution is -0.190. The Kier molecular flexibility index (Phi) is 3.37. The Morgan fingerprint density at radius 2 is 2.11 bits per heavy atom. The molecule has 0 aromatic heterocycles. The minimum absolute atomic E-state index is 0.303. The van der Waals surface area contributed by atoms with Crippen molar-refractivity contribution in [1.29, 1.82) is 0 Å². The molecule has 2 fully saturated rings. The largest absolute Gasteiger partial charge is 0.346 e. The summed E-state index contributed by atoms with van der Waals surface area (Å²) in [6.07, 6.45) is 2.20. The number of piperidine rings is 1. The molecule has 3 nitrogen and oxygen atoms in total. The van der Waals surface area contributed by atoms with E-state index in [1.165, 1.54) is 11.1 Å². The van der Waals surface area contributed by atoms with Gasteiger partial charge >= 0.3 is 0 Å². The normalized spacial score (nSPS) is 23.6. The van der Waals surface area contributed by atoms with Crippen LogP contribution in [0.4, 0.5) is 0 Å². The van der Waals surface area contributed by atoms with Gasteiger partial charge in [0.1, 0.15) is 0 Å². The molecule has 1 aromatic rings. The zero-order valence-corrected chi connectivity index (χ0v) is 11.0. The highest BCUT2D eigenvalue weighted by Gasteiger charge is 2.40. The third kappa shape index (κ3) is 2.58. The van der Waals surface area contributed by atoms with Crippen LogP contribution in [0.3, 0.4) is 0 Å². The van der Waals surface area contributed by atoms with Crippen LogP contribution in [0.1, 0.15) is 24.0 Å². The van der Waals surface area contributed by atoms with E-state index in [4.69, 9.17) is 9.47 Å². The molecule has 0 atom stereocenters. The molecule has 3 heteroatoms. The fraction of sp³-hybridized carbons (Fsp3) is 0.600. The quantitative estimate of drug-likeness (QED) is 0.800. The summed E-state index contributed by atoms with van der Waals surface area (Å²) >= 11 is 0. The molecule has 0 N–H and O–H groups in total. The first-order valence-corrected chi connectivity index (χ1v) is 6.82. The zero-order chi connectivity index (χ0) is 12.4. The van der Waals surface area contributed by atoms with Gasteiger partial charge in [-0.1, -0.05) is 29.8 Å². The van der Waals surface area contributed by atoms with Crippen LogP contribution in [0.5, 0.6) is 0 Å². The second-order valence-electron chi connectivity index (χ2n) is 5.41. The molecule has 0 radical (unpaired) electrons. The molecule has 0 amide bonds. The molecule has 0 aliphatic carbocycles. The average Bonchev–Trinajstić information content (AvgIpc) is 2.77. The van der Waals surface area contributed by atoms with E-state index in [9.17, 15) is 0 Å². The van der Waals surface area contributed by atoms with Gasteiger partial charge in [0.05, 0.1) is 19.8 Å². The van der Waals surface area contributed by atoms with E-state index >= 15 is 0 Å². The van der Waals surface area contributed by atoms with E-state index in [1.54, 1.807) is 0 Å². The Morgan fingerprint density at radius 3 is 2.89 bits per heavy atom. The summed E-state index contributed by atoms with van der Waals surface area (Å²) in [6.45, 7) is 6.68. The number of hydrogen-bond acceptors (Lipinski definition) is 3. The standard InChI is InChI=1S/C15H21NO2/c1-13-4-2-5-14(10-13)11-16-7-3-6-15(12-16)17-8-9-18-15/h2,4-5,10H,3,6-9,11-12H2,1H3. The molecule has 3 rings (SSSR count). The topological polar surface area (TPSA) is 21.7 Å². The van der Waals surface area contributed by atoms with E-state index in [1.807, 2.05) is 0 Å². The number of hydrogen-bond donors (Lipinski definition) is 0. The molecule has 0 saturated carbocycles. The van der Waals surface area contributed by atoms with Gasteiger partial charge in [-0.05, 0) is 25.5 Å². The van der Waals surface area contributed by atoms with E-state index in [0.29, 0.717) is 0 Å². The van der Waals surface area contributed by atoms with Gasteiger partial charge in [0, 0.05) is 13.0 Å². The Bertz CT molecular complexity index is 413. The molecule has 18 heavy (non-hydrogen) atoms. The minimum Gasteiger partial charge on any atom is -0.346 e. The lowest BCUT2D eigenvalue weighted by Gasteiger charge is -2.38. The average molecular weight is 247 g/mol. The number of ether oxygens (including phenoxy) is 2. The second kappa shape index (κ2) is 5.00. The van der Waals surface area contributed by atoms with Gasteiger partial charge in [-0.3, -0.25) is 4.90 Å². The summed E-state index contributed by atoms with van der Waals surface area (Å²) < 4.78 is 11.6. The molecule has 0 unspecified atom stereocenters. The van der Waals surface area contributed by atoms with Gasteiger partial charge in [-0.15, -0.1) is 0 Å². The van der Waals surface area contributed by atoms with Crippen molar-refractivity contribution in [1.82, 2.24) is 4.90 Å². The van der Waals surface area contributed by atoms with Crippen molar-refractivity contribution < 1.29 is 9.47 Å². The number of rotatable bonds is 2. The van der Waals surface area contributed by atoms with Crippen LogP contribution in [0, 0.1) is 6.92 Å². The Morgan fingerprint density at radius 1 is 1.28 bits per heavy atom. The van der Waals surface area contributed by atoms with Gasteiger partial charge < -0.3 is 9.47 Å². The molecular weight excluding hydrogens is 226 g/mol. The summed E-state index contributed by atoms with van der Waals surface area (Å²) in [5, 5.41) is 0. The molecule has 2 saturated heterocycles.